The second kappa shape index (κ2) is 8.57. The molecule has 2 heterocycles. The molecule has 0 spiro atoms. The fourth-order valence-electron chi connectivity index (χ4n) is 2.35. The van der Waals surface area contributed by atoms with Crippen molar-refractivity contribution in [3.05, 3.63) is 60.3 Å². The minimum Gasteiger partial charge on any atom is -0.343 e. The molecule has 1 N–H and O–H groups in total. The van der Waals surface area contributed by atoms with Gasteiger partial charge in [-0.15, -0.1) is 0 Å². The number of pyridine rings is 2. The zero-order chi connectivity index (χ0) is 20.0. The molecule has 0 bridgehead atoms. The highest BCUT2D eigenvalue weighted by molar-refractivity contribution is 6.01. The first-order chi connectivity index (χ1) is 12.8. The minimum atomic E-state index is -4.51. The highest BCUT2D eigenvalue weighted by Crippen LogP contribution is 2.29. The van der Waals surface area contributed by atoms with Crippen LogP contribution in [-0.4, -0.2) is 28.6 Å². The molecule has 3 rings (SSSR count). The Kier molecular flexibility index (Phi) is 6.44. The first-order valence-electron chi connectivity index (χ1n) is 8.19. The summed E-state index contributed by atoms with van der Waals surface area (Å²) in [5.41, 5.74) is 0.998. The third-order valence-electron chi connectivity index (χ3n) is 3.48. The van der Waals surface area contributed by atoms with E-state index in [1.807, 2.05) is 13.8 Å². The summed E-state index contributed by atoms with van der Waals surface area (Å²) < 4.78 is 50.8. The number of carbonyl (C=O) groups excluding carboxylic acids is 1. The number of aromatic nitrogens is 2. The van der Waals surface area contributed by atoms with Crippen LogP contribution in [0.4, 0.5) is 17.6 Å². The van der Waals surface area contributed by atoms with Crippen LogP contribution in [0.5, 0.6) is 0 Å². The number of alkyl halides is 3. The van der Waals surface area contributed by atoms with Crippen molar-refractivity contribution in [2.45, 2.75) is 20.0 Å². The zero-order valence-electron chi connectivity index (χ0n) is 14.6. The van der Waals surface area contributed by atoms with Crippen molar-refractivity contribution >= 4 is 16.8 Å². The van der Waals surface area contributed by atoms with Gasteiger partial charge in [-0.1, -0.05) is 32.0 Å². The third kappa shape index (κ3) is 4.99. The van der Waals surface area contributed by atoms with Crippen molar-refractivity contribution in [1.82, 2.24) is 15.3 Å². The highest BCUT2D eigenvalue weighted by atomic mass is 19.4. The molecule has 1 aromatic carbocycles. The molecule has 0 radical (unpaired) electrons. The molecular weight excluding hydrogens is 362 g/mol. The fourth-order valence-corrected chi connectivity index (χ4v) is 2.35. The first kappa shape index (κ1) is 20.3. The molecule has 0 aliphatic carbocycles. The number of halogens is 4. The Labute approximate surface area is 153 Å². The summed E-state index contributed by atoms with van der Waals surface area (Å²) >= 11 is 0. The first-order valence-corrected chi connectivity index (χ1v) is 8.19. The molecule has 4 nitrogen and oxygen atoms in total. The van der Waals surface area contributed by atoms with Gasteiger partial charge in [-0.2, -0.15) is 13.2 Å². The van der Waals surface area contributed by atoms with Gasteiger partial charge in [-0.25, -0.2) is 4.39 Å². The second-order valence-corrected chi connectivity index (χ2v) is 5.26. The van der Waals surface area contributed by atoms with Crippen molar-refractivity contribution in [3.63, 3.8) is 0 Å². The van der Waals surface area contributed by atoms with Crippen molar-refractivity contribution in [2.24, 2.45) is 0 Å². The predicted octanol–water partition coefficient (Wildman–Crippen LogP) is 4.75. The van der Waals surface area contributed by atoms with E-state index >= 15 is 0 Å². The Balaban J connectivity index is 0.00000126. The van der Waals surface area contributed by atoms with E-state index in [1.165, 1.54) is 30.6 Å². The van der Waals surface area contributed by atoms with Gasteiger partial charge in [-0.3, -0.25) is 14.8 Å². The van der Waals surface area contributed by atoms with Crippen molar-refractivity contribution in [1.29, 1.82) is 0 Å². The van der Waals surface area contributed by atoms with Crippen molar-refractivity contribution in [3.8, 4) is 11.1 Å². The summed E-state index contributed by atoms with van der Waals surface area (Å²) in [6, 6.07) is 7.37. The topological polar surface area (TPSA) is 54.9 Å². The van der Waals surface area contributed by atoms with Gasteiger partial charge < -0.3 is 5.32 Å². The second-order valence-electron chi connectivity index (χ2n) is 5.26. The van der Waals surface area contributed by atoms with Crippen LogP contribution in [0.15, 0.2) is 48.9 Å². The summed E-state index contributed by atoms with van der Waals surface area (Å²) in [4.78, 5) is 19.9. The Morgan fingerprint density at radius 1 is 1.07 bits per heavy atom. The molecular formula is C19H17F4N3O. The fraction of sp³-hybridized carbons (Fsp3) is 0.211. The van der Waals surface area contributed by atoms with Crippen LogP contribution in [0.25, 0.3) is 22.0 Å². The normalized spacial score (nSPS) is 10.9. The summed E-state index contributed by atoms with van der Waals surface area (Å²) in [6.07, 6.45) is -0.514. The number of benzene rings is 1. The van der Waals surface area contributed by atoms with Crippen LogP contribution in [0.1, 0.15) is 24.2 Å². The minimum absolute atomic E-state index is 0.0551. The van der Waals surface area contributed by atoms with Gasteiger partial charge in [0.15, 0.2) is 0 Å². The Morgan fingerprint density at radius 3 is 2.44 bits per heavy atom. The summed E-state index contributed by atoms with van der Waals surface area (Å²) in [5.74, 6) is -1.40. The third-order valence-corrected chi connectivity index (χ3v) is 3.48. The van der Waals surface area contributed by atoms with Gasteiger partial charge in [0.25, 0.3) is 5.91 Å². The maximum atomic E-state index is 14.1. The van der Waals surface area contributed by atoms with Gasteiger partial charge in [-0.05, 0) is 12.1 Å². The molecule has 3 aromatic rings. The quantitative estimate of drug-likeness (QED) is 0.668. The molecule has 0 saturated carbocycles. The Bertz CT molecular complexity index is 942. The molecule has 1 amide bonds. The lowest BCUT2D eigenvalue weighted by molar-refractivity contribution is -0.123. The number of hydrogen-bond donors (Lipinski definition) is 1. The predicted molar refractivity (Wildman–Crippen MR) is 94.7 cm³/mol. The van der Waals surface area contributed by atoms with Crippen LogP contribution in [0, 0.1) is 5.82 Å². The smallest absolute Gasteiger partial charge is 0.343 e. The number of hydrogen-bond acceptors (Lipinski definition) is 3. The maximum absolute atomic E-state index is 14.1. The average Bonchev–Trinajstić information content (AvgIpc) is 2.67. The zero-order valence-corrected chi connectivity index (χ0v) is 14.6. The standard InChI is InChI=1S/C17H11F4N3O.C2H6/c18-14-4-2-1-3-11(14)13-7-22-8-15-12(13)5-10(6-23-15)16(25)24-9-17(19,20)21;1-2/h1-8H,9H2,(H,24,25);1-2H3. The number of amides is 1. The van der Waals surface area contributed by atoms with E-state index in [9.17, 15) is 22.4 Å². The van der Waals surface area contributed by atoms with Crippen molar-refractivity contribution in [2.75, 3.05) is 6.54 Å². The van der Waals surface area contributed by atoms with Crippen LogP contribution >= 0.6 is 0 Å². The van der Waals surface area contributed by atoms with Crippen molar-refractivity contribution < 1.29 is 22.4 Å². The number of fused-ring (bicyclic) bond motifs is 1. The average molecular weight is 379 g/mol. The van der Waals surface area contributed by atoms with Crippen LogP contribution in [-0.2, 0) is 0 Å². The maximum Gasteiger partial charge on any atom is 0.405 e. The lowest BCUT2D eigenvalue weighted by atomic mass is 10.0. The van der Waals surface area contributed by atoms with E-state index < -0.39 is 24.4 Å². The molecule has 0 aliphatic heterocycles. The van der Waals surface area contributed by atoms with Gasteiger partial charge in [0, 0.05) is 28.9 Å². The van der Waals surface area contributed by atoms with Gasteiger partial charge in [0.05, 0.1) is 17.3 Å². The Morgan fingerprint density at radius 2 is 1.78 bits per heavy atom. The summed E-state index contributed by atoms with van der Waals surface area (Å²) in [6.45, 7) is 2.56. The van der Waals surface area contributed by atoms with E-state index in [-0.39, 0.29) is 11.1 Å². The number of rotatable bonds is 3. The largest absolute Gasteiger partial charge is 0.405 e. The van der Waals surface area contributed by atoms with E-state index in [2.05, 4.69) is 9.97 Å². The van der Waals surface area contributed by atoms with Gasteiger partial charge in [0.1, 0.15) is 12.4 Å². The van der Waals surface area contributed by atoms with Gasteiger partial charge >= 0.3 is 6.18 Å². The van der Waals surface area contributed by atoms with E-state index in [0.29, 0.717) is 16.5 Å². The van der Waals surface area contributed by atoms with E-state index in [1.54, 1.807) is 17.4 Å². The highest BCUT2D eigenvalue weighted by Gasteiger charge is 2.28. The molecule has 27 heavy (non-hydrogen) atoms. The van der Waals surface area contributed by atoms with Gasteiger partial charge in [0.2, 0.25) is 0 Å². The van der Waals surface area contributed by atoms with Crippen LogP contribution in [0.3, 0.4) is 0 Å². The monoisotopic (exact) mass is 379 g/mol. The number of nitrogens with one attached hydrogen (secondary N) is 1. The van der Waals surface area contributed by atoms with Crippen LogP contribution in [0.2, 0.25) is 0 Å². The van der Waals surface area contributed by atoms with Crippen LogP contribution < -0.4 is 5.32 Å². The number of carbonyl (C=O) groups is 1. The molecule has 2 aromatic heterocycles. The SMILES string of the molecule is CC.O=C(NCC(F)(F)F)c1cnc2cncc(-c3ccccc3F)c2c1. The van der Waals surface area contributed by atoms with E-state index in [4.69, 9.17) is 0 Å². The number of nitrogens with zero attached hydrogens (tertiary/aromatic N) is 2. The molecule has 0 unspecified atom stereocenters. The molecule has 8 heteroatoms. The lowest BCUT2D eigenvalue weighted by Gasteiger charge is -2.10. The molecule has 142 valence electrons. The summed E-state index contributed by atoms with van der Waals surface area (Å²) in [7, 11) is 0. The molecule has 0 atom stereocenters. The Hall–Kier alpha value is -3.03. The summed E-state index contributed by atoms with van der Waals surface area (Å²) in [5, 5.41) is 2.20. The van der Waals surface area contributed by atoms with E-state index in [0.717, 1.165) is 6.20 Å². The molecule has 0 aliphatic rings. The molecule has 0 saturated heterocycles. The lowest BCUT2D eigenvalue weighted by Crippen LogP contribution is -2.33. The molecule has 0 fully saturated rings.